The van der Waals surface area contributed by atoms with E-state index in [1.165, 1.54) is 0 Å². The van der Waals surface area contributed by atoms with Gasteiger partial charge in [0.1, 0.15) is 22.4 Å². The number of nitrogens with zero attached hydrogens (tertiary/aromatic N) is 4. The van der Waals surface area contributed by atoms with Crippen molar-refractivity contribution in [2.24, 2.45) is 10.9 Å². The lowest BCUT2D eigenvalue weighted by molar-refractivity contribution is 0.000577. The van der Waals surface area contributed by atoms with Gasteiger partial charge in [0.2, 0.25) is 5.96 Å². The number of rotatable bonds is 6. The van der Waals surface area contributed by atoms with Crippen molar-refractivity contribution in [3.63, 3.8) is 0 Å². The maximum Gasteiger partial charge on any atom is 0.201 e. The highest BCUT2D eigenvalue weighted by molar-refractivity contribution is 7.19. The van der Waals surface area contributed by atoms with E-state index in [4.69, 9.17) is 9.98 Å². The molecule has 0 unspecified atom stereocenters. The van der Waals surface area contributed by atoms with Crippen LogP contribution in [0.25, 0.3) is 15.8 Å². The number of aliphatic hydroxyl groups is 3. The Hall–Kier alpha value is -3.25. The first-order valence-electron chi connectivity index (χ1n) is 11.5. The zero-order chi connectivity index (χ0) is 24.5. The monoisotopic (exact) mass is 495 g/mol. The molecule has 5 rings (SSSR count). The number of benzene rings is 1. The summed E-state index contributed by atoms with van der Waals surface area (Å²) in [6.07, 6.45) is 1.92. The van der Waals surface area contributed by atoms with Gasteiger partial charge in [-0.2, -0.15) is 0 Å². The average molecular weight is 496 g/mol. The standard InChI is InChI=1S/C24H29N7O3S/c1-31(2)15-5-3-4-14(9-15)27-24-26-10-16(23-29-18-11-25-7-6-19(18)35-23)22(30-24)28-17-8-13(12-32)20(33)21(17)34/h3-7,9,11,13,17,20-21,28,32-34H,8,10,12H2,1-2H3,(H2,26,27,30)/t13-,17-,20-,21+/m1/s1. The number of hydrogen-bond acceptors (Lipinski definition) is 11. The molecule has 0 amide bonds. The Bertz CT molecular complexity index is 1240. The Morgan fingerprint density at radius 2 is 2.06 bits per heavy atom. The van der Waals surface area contributed by atoms with Gasteiger partial charge in [-0.05, 0) is 30.7 Å². The van der Waals surface area contributed by atoms with Gasteiger partial charge in [0, 0.05) is 44.2 Å². The summed E-state index contributed by atoms with van der Waals surface area (Å²) in [5.74, 6) is 0.832. The fourth-order valence-corrected chi connectivity index (χ4v) is 5.35. The van der Waals surface area contributed by atoms with Crippen LogP contribution in [-0.4, -0.2) is 76.7 Å². The lowest BCUT2D eigenvalue weighted by Crippen LogP contribution is -2.47. The second-order valence-electron chi connectivity index (χ2n) is 8.99. The van der Waals surface area contributed by atoms with Crippen LogP contribution in [0.15, 0.2) is 53.5 Å². The van der Waals surface area contributed by atoms with Crippen LogP contribution in [0.5, 0.6) is 0 Å². The molecule has 184 valence electrons. The second-order valence-corrected chi connectivity index (χ2v) is 10.0. The first-order valence-corrected chi connectivity index (χ1v) is 12.3. The van der Waals surface area contributed by atoms with Crippen LogP contribution in [0.2, 0.25) is 0 Å². The summed E-state index contributed by atoms with van der Waals surface area (Å²) < 4.78 is 1.02. The molecular formula is C24H29N7O3S. The highest BCUT2D eigenvalue weighted by atomic mass is 32.1. The molecule has 1 aliphatic heterocycles. The van der Waals surface area contributed by atoms with Crippen molar-refractivity contribution in [2.75, 3.05) is 37.5 Å². The van der Waals surface area contributed by atoms with Gasteiger partial charge in [0.15, 0.2) is 0 Å². The Labute approximate surface area is 207 Å². The summed E-state index contributed by atoms with van der Waals surface area (Å²) in [5, 5.41) is 41.3. The van der Waals surface area contributed by atoms with Gasteiger partial charge in [-0.3, -0.25) is 4.98 Å². The van der Waals surface area contributed by atoms with Gasteiger partial charge in [0.05, 0.1) is 35.2 Å². The molecule has 1 fully saturated rings. The number of anilines is 2. The van der Waals surface area contributed by atoms with E-state index in [9.17, 15) is 15.3 Å². The van der Waals surface area contributed by atoms with Crippen molar-refractivity contribution >= 4 is 44.5 Å². The molecule has 35 heavy (non-hydrogen) atoms. The molecule has 2 aromatic heterocycles. The third-order valence-corrected chi connectivity index (χ3v) is 7.48. The quantitative estimate of drug-likeness (QED) is 0.298. The van der Waals surface area contributed by atoms with Gasteiger partial charge >= 0.3 is 0 Å². The molecule has 10 nitrogen and oxygen atoms in total. The molecule has 1 aromatic carbocycles. The number of pyridine rings is 1. The summed E-state index contributed by atoms with van der Waals surface area (Å²) >= 11 is 1.55. The largest absolute Gasteiger partial charge is 0.396 e. The van der Waals surface area contributed by atoms with Gasteiger partial charge in [-0.1, -0.05) is 6.07 Å². The maximum absolute atomic E-state index is 10.6. The fourth-order valence-electron chi connectivity index (χ4n) is 4.38. The number of hydrogen-bond donors (Lipinski definition) is 6. The number of fused-ring (bicyclic) bond motifs is 1. The van der Waals surface area contributed by atoms with Crippen molar-refractivity contribution in [1.82, 2.24) is 20.6 Å². The summed E-state index contributed by atoms with van der Waals surface area (Å²) in [6.45, 7) is 0.185. The molecule has 4 atom stereocenters. The van der Waals surface area contributed by atoms with Crippen LogP contribution in [-0.2, 0) is 0 Å². The molecule has 0 saturated heterocycles. The third-order valence-electron chi connectivity index (χ3n) is 6.38. The highest BCUT2D eigenvalue weighted by Crippen LogP contribution is 2.31. The van der Waals surface area contributed by atoms with Crippen LogP contribution in [0.4, 0.5) is 11.4 Å². The zero-order valence-corrected chi connectivity index (χ0v) is 20.3. The van der Waals surface area contributed by atoms with Crippen LogP contribution in [0.1, 0.15) is 11.4 Å². The lowest BCUT2D eigenvalue weighted by Gasteiger charge is -2.27. The first-order chi connectivity index (χ1) is 16.9. The first kappa shape index (κ1) is 23.5. The number of thiazole rings is 1. The Morgan fingerprint density at radius 3 is 2.80 bits per heavy atom. The normalized spacial score (nSPS) is 24.3. The van der Waals surface area contributed by atoms with Crippen molar-refractivity contribution in [2.45, 2.75) is 24.7 Å². The SMILES string of the molecule is CN(C)c1cccc(NC2=NCC(c3nc4cnccc4s3)=C(N[C@@H]3C[C@H](CO)[C@@H](O)[C@H]3O)N2)c1. The maximum atomic E-state index is 10.6. The molecule has 6 N–H and O–H groups in total. The van der Waals surface area contributed by atoms with Crippen LogP contribution >= 0.6 is 11.3 Å². The average Bonchev–Trinajstić information content (AvgIpc) is 3.41. The molecule has 0 radical (unpaired) electrons. The molecule has 3 aromatic rings. The van der Waals surface area contributed by atoms with Crippen molar-refractivity contribution in [3.05, 3.63) is 53.6 Å². The molecule has 1 saturated carbocycles. The van der Waals surface area contributed by atoms with Crippen LogP contribution in [0, 0.1) is 5.92 Å². The molecule has 0 spiro atoms. The second kappa shape index (κ2) is 9.78. The Balaban J connectivity index is 1.44. The van der Waals surface area contributed by atoms with E-state index in [0.717, 1.165) is 32.2 Å². The predicted molar refractivity (Wildman–Crippen MR) is 138 cm³/mol. The van der Waals surface area contributed by atoms with Crippen LogP contribution < -0.4 is 20.9 Å². The van der Waals surface area contributed by atoms with Crippen molar-refractivity contribution < 1.29 is 15.3 Å². The minimum Gasteiger partial charge on any atom is -0.396 e. The minimum atomic E-state index is -1.01. The van der Waals surface area contributed by atoms with E-state index in [1.54, 1.807) is 23.7 Å². The molecule has 3 heterocycles. The summed E-state index contributed by atoms with van der Waals surface area (Å²) in [6, 6.07) is 9.48. The van der Waals surface area contributed by atoms with E-state index in [0.29, 0.717) is 24.7 Å². The smallest absolute Gasteiger partial charge is 0.201 e. The van der Waals surface area contributed by atoms with Gasteiger partial charge < -0.3 is 36.2 Å². The summed E-state index contributed by atoms with van der Waals surface area (Å²) in [7, 11) is 3.97. The molecule has 2 aliphatic rings. The van der Waals surface area contributed by atoms with Gasteiger partial charge in [-0.15, -0.1) is 11.3 Å². The summed E-state index contributed by atoms with van der Waals surface area (Å²) in [5.41, 5.74) is 3.60. The fraction of sp³-hybridized carbons (Fsp3) is 0.375. The van der Waals surface area contributed by atoms with E-state index in [1.807, 2.05) is 49.3 Å². The predicted octanol–water partition coefficient (Wildman–Crippen LogP) is 1.19. The topological polar surface area (TPSA) is 138 Å². The van der Waals surface area contributed by atoms with Crippen molar-refractivity contribution in [1.29, 1.82) is 0 Å². The molecular weight excluding hydrogens is 466 g/mol. The van der Waals surface area contributed by atoms with E-state index >= 15 is 0 Å². The van der Waals surface area contributed by atoms with Gasteiger partial charge in [0.25, 0.3) is 0 Å². The molecule has 0 bridgehead atoms. The number of nitrogens with one attached hydrogen (secondary N) is 3. The van der Waals surface area contributed by atoms with E-state index in [2.05, 4.69) is 20.9 Å². The van der Waals surface area contributed by atoms with Gasteiger partial charge in [-0.25, -0.2) is 9.98 Å². The lowest BCUT2D eigenvalue weighted by atomic mass is 10.1. The number of aliphatic hydroxyl groups excluding tert-OH is 3. The zero-order valence-electron chi connectivity index (χ0n) is 19.5. The molecule has 11 heteroatoms. The van der Waals surface area contributed by atoms with Crippen LogP contribution in [0.3, 0.4) is 0 Å². The summed E-state index contributed by atoms with van der Waals surface area (Å²) in [4.78, 5) is 15.6. The third kappa shape index (κ3) is 4.80. The highest BCUT2D eigenvalue weighted by Gasteiger charge is 2.41. The molecule has 1 aliphatic carbocycles. The minimum absolute atomic E-state index is 0.183. The Kier molecular flexibility index (Phi) is 6.56. The number of aliphatic imine (C=N–C) groups is 1. The number of aromatic nitrogens is 2. The van der Waals surface area contributed by atoms with E-state index in [-0.39, 0.29) is 12.5 Å². The van der Waals surface area contributed by atoms with E-state index < -0.39 is 18.2 Å². The van der Waals surface area contributed by atoms with Crippen molar-refractivity contribution in [3.8, 4) is 0 Å². The number of guanidine groups is 1. The Morgan fingerprint density at radius 1 is 1.20 bits per heavy atom.